The molecule has 0 saturated carbocycles. The summed E-state index contributed by atoms with van der Waals surface area (Å²) in [4.78, 5) is 0. The van der Waals surface area contributed by atoms with Crippen molar-refractivity contribution in [2.24, 2.45) is 0 Å². The van der Waals surface area contributed by atoms with Gasteiger partial charge in [-0.05, 0) is 6.42 Å². The van der Waals surface area contributed by atoms with Gasteiger partial charge in [-0.3, -0.25) is 0 Å². The first-order valence-corrected chi connectivity index (χ1v) is 4.57. The van der Waals surface area contributed by atoms with Gasteiger partial charge in [-0.1, -0.05) is 42.4 Å². The molecule has 8 heavy (non-hydrogen) atoms. The first kappa shape index (κ1) is 8.69. The quantitative estimate of drug-likeness (QED) is 0.576. The van der Waals surface area contributed by atoms with E-state index < -0.39 is 0 Å². The van der Waals surface area contributed by atoms with E-state index in [1.165, 1.54) is 6.42 Å². The molecular weight excluding hydrogens is 215 g/mol. The molecule has 50 valence electrons. The molecule has 0 aromatic carbocycles. The first-order chi connectivity index (χ1) is 3.81. The number of aliphatic hydroxyl groups is 1. The van der Waals surface area contributed by atoms with Crippen molar-refractivity contribution in [3.05, 3.63) is 0 Å². The minimum atomic E-state index is -0.0597. The van der Waals surface area contributed by atoms with Crippen molar-refractivity contribution in [2.75, 3.05) is 4.43 Å². The lowest BCUT2D eigenvalue weighted by Crippen LogP contribution is -2.06. The van der Waals surface area contributed by atoms with Crippen LogP contribution in [0.3, 0.4) is 0 Å². The minimum absolute atomic E-state index is 0.0597. The number of rotatable bonds is 4. The van der Waals surface area contributed by atoms with Crippen LogP contribution in [0.15, 0.2) is 0 Å². The van der Waals surface area contributed by atoms with Crippen molar-refractivity contribution in [1.29, 1.82) is 0 Å². The molecule has 0 bridgehead atoms. The normalized spacial score (nSPS) is 13.9. The van der Waals surface area contributed by atoms with Gasteiger partial charge in [0.25, 0.3) is 0 Å². The van der Waals surface area contributed by atoms with E-state index in [1.807, 2.05) is 0 Å². The van der Waals surface area contributed by atoms with Gasteiger partial charge in [-0.25, -0.2) is 0 Å². The van der Waals surface area contributed by atoms with E-state index in [0.717, 1.165) is 17.3 Å². The number of aliphatic hydroxyl groups excluding tert-OH is 1. The third kappa shape index (κ3) is 4.84. The van der Waals surface area contributed by atoms with Crippen LogP contribution in [0.1, 0.15) is 26.2 Å². The highest BCUT2D eigenvalue weighted by molar-refractivity contribution is 14.1. The van der Waals surface area contributed by atoms with E-state index in [2.05, 4.69) is 29.5 Å². The molecule has 1 nitrogen and oxygen atoms in total. The van der Waals surface area contributed by atoms with Gasteiger partial charge in [-0.2, -0.15) is 0 Å². The van der Waals surface area contributed by atoms with Crippen LogP contribution >= 0.6 is 22.6 Å². The largest absolute Gasteiger partial charge is 0.392 e. The van der Waals surface area contributed by atoms with Crippen LogP contribution in [0.4, 0.5) is 0 Å². The highest BCUT2D eigenvalue weighted by atomic mass is 127. The average molecular weight is 228 g/mol. The fourth-order valence-electron chi connectivity index (χ4n) is 0.517. The second kappa shape index (κ2) is 5.82. The van der Waals surface area contributed by atoms with Gasteiger partial charge in [0.2, 0.25) is 0 Å². The van der Waals surface area contributed by atoms with Crippen molar-refractivity contribution in [3.8, 4) is 0 Å². The lowest BCUT2D eigenvalue weighted by Gasteiger charge is -2.02. The molecule has 0 aliphatic rings. The molecule has 0 amide bonds. The summed E-state index contributed by atoms with van der Waals surface area (Å²) >= 11 is 2.20. The Morgan fingerprint density at radius 1 is 1.62 bits per heavy atom. The Hall–Kier alpha value is 0.690. The molecule has 1 atom stereocenters. The highest BCUT2D eigenvalue weighted by Crippen LogP contribution is 2.02. The second-order valence-corrected chi connectivity index (χ2v) is 2.83. The molecule has 0 saturated heterocycles. The molecule has 0 rings (SSSR count). The van der Waals surface area contributed by atoms with Gasteiger partial charge in [0.05, 0.1) is 6.10 Å². The Morgan fingerprint density at radius 2 is 2.25 bits per heavy atom. The van der Waals surface area contributed by atoms with Gasteiger partial charge < -0.3 is 5.11 Å². The Labute approximate surface area is 64.6 Å². The predicted molar refractivity (Wildman–Crippen MR) is 44.4 cm³/mol. The van der Waals surface area contributed by atoms with E-state index in [1.54, 1.807) is 0 Å². The summed E-state index contributed by atoms with van der Waals surface area (Å²) in [5, 5.41) is 8.98. The minimum Gasteiger partial charge on any atom is -0.392 e. The van der Waals surface area contributed by atoms with Gasteiger partial charge in [0.15, 0.2) is 0 Å². The van der Waals surface area contributed by atoms with Crippen molar-refractivity contribution >= 4 is 22.6 Å². The molecular formula is C6H13IO. The summed E-state index contributed by atoms with van der Waals surface area (Å²) < 4.78 is 0.873. The SMILES string of the molecule is CCCC[C@@H](O)CI. The number of alkyl halides is 1. The van der Waals surface area contributed by atoms with Crippen LogP contribution in [0.25, 0.3) is 0 Å². The second-order valence-electron chi connectivity index (χ2n) is 1.95. The maximum absolute atomic E-state index is 8.98. The Kier molecular flexibility index (Phi) is 6.32. The number of hydrogen-bond acceptors (Lipinski definition) is 1. The third-order valence-electron chi connectivity index (χ3n) is 1.07. The zero-order chi connectivity index (χ0) is 6.41. The molecule has 0 fully saturated rings. The Morgan fingerprint density at radius 3 is 2.62 bits per heavy atom. The molecule has 0 aromatic rings. The zero-order valence-corrected chi connectivity index (χ0v) is 7.39. The average Bonchev–Trinajstić information content (AvgIpc) is 1.83. The van der Waals surface area contributed by atoms with Crippen molar-refractivity contribution in [2.45, 2.75) is 32.3 Å². The van der Waals surface area contributed by atoms with E-state index in [0.29, 0.717) is 0 Å². The van der Waals surface area contributed by atoms with Crippen LogP contribution in [0.5, 0.6) is 0 Å². The highest BCUT2D eigenvalue weighted by Gasteiger charge is 1.97. The standard InChI is InChI=1S/C6H13IO/c1-2-3-4-6(8)5-7/h6,8H,2-5H2,1H3/t6-/m1/s1. The van der Waals surface area contributed by atoms with Crippen molar-refractivity contribution in [1.82, 2.24) is 0 Å². The molecule has 0 heterocycles. The molecule has 0 radical (unpaired) electrons. The van der Waals surface area contributed by atoms with E-state index in [9.17, 15) is 0 Å². The monoisotopic (exact) mass is 228 g/mol. The van der Waals surface area contributed by atoms with Gasteiger partial charge in [0, 0.05) is 4.43 Å². The van der Waals surface area contributed by atoms with E-state index >= 15 is 0 Å². The predicted octanol–water partition coefficient (Wildman–Crippen LogP) is 1.97. The molecule has 0 aliphatic heterocycles. The van der Waals surface area contributed by atoms with E-state index in [-0.39, 0.29) is 6.10 Å². The van der Waals surface area contributed by atoms with Gasteiger partial charge in [0.1, 0.15) is 0 Å². The lowest BCUT2D eigenvalue weighted by atomic mass is 10.2. The summed E-state index contributed by atoms with van der Waals surface area (Å²) in [5.41, 5.74) is 0. The van der Waals surface area contributed by atoms with Crippen molar-refractivity contribution < 1.29 is 5.11 Å². The number of unbranched alkanes of at least 4 members (excludes halogenated alkanes) is 1. The summed E-state index contributed by atoms with van der Waals surface area (Å²) in [6.07, 6.45) is 3.26. The van der Waals surface area contributed by atoms with Crippen LogP contribution < -0.4 is 0 Å². The van der Waals surface area contributed by atoms with Crippen LogP contribution in [-0.4, -0.2) is 15.6 Å². The first-order valence-electron chi connectivity index (χ1n) is 3.05. The molecule has 2 heteroatoms. The molecule has 0 aromatic heterocycles. The van der Waals surface area contributed by atoms with E-state index in [4.69, 9.17) is 5.11 Å². The maximum atomic E-state index is 8.98. The molecule has 0 spiro atoms. The summed E-state index contributed by atoms with van der Waals surface area (Å²) in [6.45, 7) is 2.14. The molecule has 0 unspecified atom stereocenters. The van der Waals surface area contributed by atoms with Crippen LogP contribution in [0, 0.1) is 0 Å². The Bertz CT molecular complexity index is 47.8. The molecule has 1 N–H and O–H groups in total. The smallest absolute Gasteiger partial charge is 0.0629 e. The summed E-state index contributed by atoms with van der Waals surface area (Å²) in [6, 6.07) is 0. The fourth-order valence-corrected chi connectivity index (χ4v) is 0.957. The molecule has 0 aliphatic carbocycles. The topological polar surface area (TPSA) is 20.2 Å². The van der Waals surface area contributed by atoms with Crippen molar-refractivity contribution in [3.63, 3.8) is 0 Å². The number of hydrogen-bond donors (Lipinski definition) is 1. The maximum Gasteiger partial charge on any atom is 0.0629 e. The summed E-state index contributed by atoms with van der Waals surface area (Å²) in [5.74, 6) is 0. The lowest BCUT2D eigenvalue weighted by molar-refractivity contribution is 0.189. The number of halogens is 1. The fraction of sp³-hybridized carbons (Fsp3) is 1.00. The summed E-state index contributed by atoms with van der Waals surface area (Å²) in [7, 11) is 0. The third-order valence-corrected chi connectivity index (χ3v) is 2.09. The van der Waals surface area contributed by atoms with Crippen LogP contribution in [-0.2, 0) is 0 Å². The zero-order valence-electron chi connectivity index (χ0n) is 5.23. The van der Waals surface area contributed by atoms with Gasteiger partial charge in [-0.15, -0.1) is 0 Å². The Balaban J connectivity index is 2.86. The van der Waals surface area contributed by atoms with Gasteiger partial charge >= 0.3 is 0 Å². The van der Waals surface area contributed by atoms with Crippen LogP contribution in [0.2, 0.25) is 0 Å².